The van der Waals surface area contributed by atoms with Gasteiger partial charge in [-0.2, -0.15) is 13.2 Å². The molecule has 21 heavy (non-hydrogen) atoms. The van der Waals surface area contributed by atoms with Crippen LogP contribution < -0.4 is 4.90 Å². The summed E-state index contributed by atoms with van der Waals surface area (Å²) in [6.07, 6.45) is -4.40. The smallest absolute Gasteiger partial charge is 0.377 e. The molecule has 0 aromatic heterocycles. The molecule has 2 rings (SSSR count). The second kappa shape index (κ2) is 5.83. The van der Waals surface area contributed by atoms with Gasteiger partial charge in [0.1, 0.15) is 11.9 Å². The average Bonchev–Trinajstić information content (AvgIpc) is 2.36. The predicted octanol–water partition coefficient (Wildman–Crippen LogP) is 4.03. The van der Waals surface area contributed by atoms with Crippen LogP contribution >= 0.6 is 0 Å². The number of rotatable bonds is 2. The third-order valence-electron chi connectivity index (χ3n) is 3.74. The lowest BCUT2D eigenvalue weighted by Crippen LogP contribution is -2.53. The van der Waals surface area contributed by atoms with E-state index in [2.05, 4.69) is 0 Å². The summed E-state index contributed by atoms with van der Waals surface area (Å²) in [5, 5.41) is 0. The van der Waals surface area contributed by atoms with Crippen molar-refractivity contribution in [2.75, 3.05) is 24.7 Å². The number of aryl methyl sites for hydroxylation is 1. The molecule has 0 amide bonds. The third-order valence-corrected chi connectivity index (χ3v) is 3.74. The summed E-state index contributed by atoms with van der Waals surface area (Å²) in [6.45, 7) is 5.33. The van der Waals surface area contributed by atoms with E-state index in [1.54, 1.807) is 13.0 Å². The summed E-state index contributed by atoms with van der Waals surface area (Å²) >= 11 is 0. The molecule has 0 saturated carbocycles. The first-order valence-corrected chi connectivity index (χ1v) is 6.93. The molecule has 1 fully saturated rings. The van der Waals surface area contributed by atoms with Crippen molar-refractivity contribution in [2.24, 2.45) is 0 Å². The van der Waals surface area contributed by atoms with E-state index in [1.165, 1.54) is 11.0 Å². The normalized spacial score (nSPS) is 20.2. The van der Waals surface area contributed by atoms with E-state index in [0.29, 0.717) is 11.1 Å². The number of anilines is 1. The predicted molar refractivity (Wildman–Crippen MR) is 73.2 cm³/mol. The average molecular weight is 305 g/mol. The topological polar surface area (TPSA) is 12.5 Å². The van der Waals surface area contributed by atoms with Crippen LogP contribution in [0.2, 0.25) is 0 Å². The van der Waals surface area contributed by atoms with E-state index in [-0.39, 0.29) is 24.8 Å². The molecule has 0 radical (unpaired) electrons. The Morgan fingerprint density at radius 1 is 1.29 bits per heavy atom. The Kier molecular flexibility index (Phi) is 4.46. The minimum Gasteiger partial charge on any atom is -0.377 e. The largest absolute Gasteiger partial charge is 0.411 e. The lowest BCUT2D eigenvalue weighted by atomic mass is 9.96. The van der Waals surface area contributed by atoms with E-state index in [4.69, 9.17) is 4.74 Å². The van der Waals surface area contributed by atoms with Crippen molar-refractivity contribution in [3.05, 3.63) is 29.1 Å². The molecule has 6 heteroatoms. The Labute approximate surface area is 121 Å². The summed E-state index contributed by atoms with van der Waals surface area (Å²) in [4.78, 5) is 1.18. The maximum atomic E-state index is 14.2. The van der Waals surface area contributed by atoms with E-state index in [0.717, 1.165) is 0 Å². The fourth-order valence-corrected chi connectivity index (χ4v) is 2.82. The van der Waals surface area contributed by atoms with Crippen molar-refractivity contribution < 1.29 is 22.3 Å². The highest BCUT2D eigenvalue weighted by molar-refractivity contribution is 5.53. The molecule has 0 N–H and O–H groups in total. The molecular weight excluding hydrogens is 286 g/mol. The molecule has 2 nitrogen and oxygen atoms in total. The van der Waals surface area contributed by atoms with Gasteiger partial charge in [-0.1, -0.05) is 13.8 Å². The molecule has 0 spiro atoms. The van der Waals surface area contributed by atoms with Crippen LogP contribution in [-0.4, -0.2) is 32.0 Å². The molecule has 0 aliphatic carbocycles. The highest BCUT2D eigenvalue weighted by Gasteiger charge is 2.45. The van der Waals surface area contributed by atoms with Gasteiger partial charge in [-0.15, -0.1) is 0 Å². The van der Waals surface area contributed by atoms with Gasteiger partial charge in [-0.3, -0.25) is 0 Å². The van der Waals surface area contributed by atoms with Gasteiger partial charge in [0.2, 0.25) is 0 Å². The molecular formula is C15H19F4NO. The molecule has 1 atom stereocenters. The second-order valence-corrected chi connectivity index (χ2v) is 5.64. The fraction of sp³-hybridized carbons (Fsp3) is 0.600. The number of alkyl halides is 3. The molecule has 1 aliphatic heterocycles. The lowest BCUT2D eigenvalue weighted by molar-refractivity contribution is -0.167. The minimum atomic E-state index is -4.40. The van der Waals surface area contributed by atoms with Crippen molar-refractivity contribution >= 4 is 5.69 Å². The number of benzene rings is 1. The van der Waals surface area contributed by atoms with Gasteiger partial charge in [0, 0.05) is 12.2 Å². The fourth-order valence-electron chi connectivity index (χ4n) is 2.82. The summed E-state index contributed by atoms with van der Waals surface area (Å²) in [6, 6.07) is 1.10. The van der Waals surface area contributed by atoms with Gasteiger partial charge in [0.15, 0.2) is 0 Å². The number of nitrogens with zero attached hydrogens (tertiary/aromatic N) is 1. The van der Waals surface area contributed by atoms with Gasteiger partial charge in [0.25, 0.3) is 0 Å². The van der Waals surface area contributed by atoms with E-state index in [9.17, 15) is 17.6 Å². The van der Waals surface area contributed by atoms with E-state index < -0.39 is 24.6 Å². The maximum absolute atomic E-state index is 14.2. The molecule has 1 aliphatic rings. The number of morpholine rings is 1. The molecule has 1 aromatic carbocycles. The lowest BCUT2D eigenvalue weighted by Gasteiger charge is -2.38. The van der Waals surface area contributed by atoms with Crippen molar-refractivity contribution in [2.45, 2.75) is 38.9 Å². The number of hydrogen-bond donors (Lipinski definition) is 0. The van der Waals surface area contributed by atoms with Crippen LogP contribution in [0.1, 0.15) is 30.9 Å². The first-order valence-electron chi connectivity index (χ1n) is 6.93. The van der Waals surface area contributed by atoms with Gasteiger partial charge in [0.05, 0.1) is 13.2 Å². The van der Waals surface area contributed by atoms with Gasteiger partial charge in [-0.25, -0.2) is 4.39 Å². The Hall–Kier alpha value is -1.30. The Bertz CT molecular complexity index is 490. The zero-order chi connectivity index (χ0) is 15.8. The van der Waals surface area contributed by atoms with Crippen molar-refractivity contribution in [1.82, 2.24) is 0 Å². The van der Waals surface area contributed by atoms with Crippen LogP contribution in [-0.2, 0) is 4.74 Å². The van der Waals surface area contributed by atoms with E-state index >= 15 is 0 Å². The first-order chi connectivity index (χ1) is 9.71. The Morgan fingerprint density at radius 2 is 1.95 bits per heavy atom. The first kappa shape index (κ1) is 16.1. The summed E-state index contributed by atoms with van der Waals surface area (Å²) in [5.74, 6) is -0.463. The minimum absolute atomic E-state index is 0.0119. The summed E-state index contributed by atoms with van der Waals surface area (Å²) < 4.78 is 58.3. The van der Waals surface area contributed by atoms with Crippen LogP contribution in [0.3, 0.4) is 0 Å². The maximum Gasteiger partial charge on any atom is 0.411 e. The zero-order valence-corrected chi connectivity index (χ0v) is 12.3. The molecule has 1 heterocycles. The molecule has 1 unspecified atom stereocenters. The Morgan fingerprint density at radius 3 is 2.48 bits per heavy atom. The highest BCUT2D eigenvalue weighted by atomic mass is 19.4. The summed E-state index contributed by atoms with van der Waals surface area (Å²) in [7, 11) is 0. The quantitative estimate of drug-likeness (QED) is 0.765. The van der Waals surface area contributed by atoms with Crippen LogP contribution in [0.5, 0.6) is 0 Å². The standard InChI is InChI=1S/C15H19F4NO/c1-9(2)14-10(3)6-11(7-12(14)16)20-4-5-21-8-13(20)15(17,18)19/h6-7,9,13H,4-5,8H2,1-3H3. The second-order valence-electron chi connectivity index (χ2n) is 5.64. The van der Waals surface area contributed by atoms with Gasteiger partial charge < -0.3 is 9.64 Å². The van der Waals surface area contributed by atoms with E-state index in [1.807, 2.05) is 13.8 Å². The summed E-state index contributed by atoms with van der Waals surface area (Å²) in [5.41, 5.74) is 1.49. The molecule has 1 aromatic rings. The number of ether oxygens (including phenoxy) is 1. The Balaban J connectivity index is 2.40. The SMILES string of the molecule is Cc1cc(N2CCOCC2C(F)(F)F)cc(F)c1C(C)C. The van der Waals surface area contributed by atoms with Crippen LogP contribution in [0.4, 0.5) is 23.2 Å². The molecule has 1 saturated heterocycles. The van der Waals surface area contributed by atoms with Crippen LogP contribution in [0.15, 0.2) is 12.1 Å². The van der Waals surface area contributed by atoms with Gasteiger partial charge in [-0.05, 0) is 36.1 Å². The third kappa shape index (κ3) is 3.31. The molecule has 0 bridgehead atoms. The highest BCUT2D eigenvalue weighted by Crippen LogP contribution is 2.34. The van der Waals surface area contributed by atoms with Crippen LogP contribution in [0.25, 0.3) is 0 Å². The zero-order valence-electron chi connectivity index (χ0n) is 12.3. The van der Waals surface area contributed by atoms with Crippen molar-refractivity contribution in [3.63, 3.8) is 0 Å². The van der Waals surface area contributed by atoms with Crippen molar-refractivity contribution in [3.8, 4) is 0 Å². The van der Waals surface area contributed by atoms with Crippen LogP contribution in [0, 0.1) is 12.7 Å². The van der Waals surface area contributed by atoms with Gasteiger partial charge >= 0.3 is 6.18 Å². The monoisotopic (exact) mass is 305 g/mol. The molecule has 118 valence electrons. The van der Waals surface area contributed by atoms with Crippen molar-refractivity contribution in [1.29, 1.82) is 0 Å². The number of hydrogen-bond acceptors (Lipinski definition) is 2. The number of halogens is 4.